The molecule has 1 unspecified atom stereocenters. The van der Waals surface area contributed by atoms with E-state index in [1.54, 1.807) is 0 Å². The van der Waals surface area contributed by atoms with Gasteiger partial charge in [-0.25, -0.2) is 0 Å². The Kier molecular flexibility index (Phi) is 8.46. The average molecular weight is 326 g/mol. The van der Waals surface area contributed by atoms with Crippen molar-refractivity contribution in [3.8, 4) is 0 Å². The van der Waals surface area contributed by atoms with Gasteiger partial charge in [-0.15, -0.1) is 12.4 Å². The number of piperidine rings is 1. The van der Waals surface area contributed by atoms with Crippen LogP contribution in [0.15, 0.2) is 30.3 Å². The van der Waals surface area contributed by atoms with Crippen molar-refractivity contribution in [2.75, 3.05) is 26.2 Å². The molecule has 1 aliphatic rings. The highest BCUT2D eigenvalue weighted by atomic mass is 35.5. The molecule has 1 aromatic carbocycles. The Morgan fingerprint density at radius 2 is 1.95 bits per heavy atom. The van der Waals surface area contributed by atoms with Crippen LogP contribution in [0.1, 0.15) is 37.8 Å². The van der Waals surface area contributed by atoms with Crippen molar-refractivity contribution in [2.24, 2.45) is 11.7 Å². The summed E-state index contributed by atoms with van der Waals surface area (Å²) < 4.78 is 0. The first kappa shape index (κ1) is 18.9. The van der Waals surface area contributed by atoms with E-state index < -0.39 is 0 Å². The fourth-order valence-electron chi connectivity index (χ4n) is 2.90. The van der Waals surface area contributed by atoms with Gasteiger partial charge in [0.2, 0.25) is 5.91 Å². The zero-order valence-corrected chi connectivity index (χ0v) is 14.1. The van der Waals surface area contributed by atoms with Gasteiger partial charge in [0.1, 0.15) is 0 Å². The van der Waals surface area contributed by atoms with Gasteiger partial charge >= 0.3 is 0 Å². The molecule has 1 heterocycles. The number of nitrogens with one attached hydrogen (secondary N) is 1. The predicted molar refractivity (Wildman–Crippen MR) is 93.1 cm³/mol. The number of amides is 1. The number of nitrogens with two attached hydrogens (primary N) is 1. The van der Waals surface area contributed by atoms with E-state index in [0.717, 1.165) is 19.0 Å². The van der Waals surface area contributed by atoms with E-state index in [-0.39, 0.29) is 24.4 Å². The Morgan fingerprint density at radius 1 is 1.32 bits per heavy atom. The Balaban J connectivity index is 0.00000242. The number of halogens is 1. The smallest absolute Gasteiger partial charge is 0.221 e. The first-order valence-corrected chi connectivity index (χ1v) is 7.96. The van der Waals surface area contributed by atoms with Crippen LogP contribution in [0.3, 0.4) is 0 Å². The lowest BCUT2D eigenvalue weighted by molar-refractivity contribution is -0.121. The van der Waals surface area contributed by atoms with Gasteiger partial charge in [0.15, 0.2) is 0 Å². The largest absolute Gasteiger partial charge is 0.354 e. The Morgan fingerprint density at radius 3 is 2.55 bits per heavy atom. The second kappa shape index (κ2) is 9.82. The molecule has 1 amide bonds. The zero-order chi connectivity index (χ0) is 15.1. The molecule has 0 saturated carbocycles. The molecule has 124 valence electrons. The number of hydrogen-bond donors (Lipinski definition) is 2. The van der Waals surface area contributed by atoms with E-state index in [0.29, 0.717) is 19.5 Å². The maximum absolute atomic E-state index is 11.7. The minimum atomic E-state index is 0. The Labute approximate surface area is 139 Å². The van der Waals surface area contributed by atoms with Gasteiger partial charge in [-0.05, 0) is 37.4 Å². The summed E-state index contributed by atoms with van der Waals surface area (Å²) in [5.74, 6) is 0.855. The molecule has 1 aliphatic heterocycles. The first-order chi connectivity index (χ1) is 10.2. The van der Waals surface area contributed by atoms with Crippen LogP contribution in [-0.4, -0.2) is 37.0 Å². The molecule has 0 aliphatic carbocycles. The van der Waals surface area contributed by atoms with Crippen molar-refractivity contribution in [3.05, 3.63) is 35.9 Å². The average Bonchev–Trinajstić information content (AvgIpc) is 2.50. The standard InChI is InChI=1S/C17H27N3O.ClH/c1-14-8-11-20(12-9-14)16(13-19-17(21)7-10-18)15-5-3-2-4-6-15;/h2-6,14,16H,7-13,18H2,1H3,(H,19,21);1H. The lowest BCUT2D eigenvalue weighted by Crippen LogP contribution is -2.42. The van der Waals surface area contributed by atoms with Crippen LogP contribution in [0.4, 0.5) is 0 Å². The molecule has 1 fully saturated rings. The van der Waals surface area contributed by atoms with Crippen molar-refractivity contribution in [1.29, 1.82) is 0 Å². The molecule has 22 heavy (non-hydrogen) atoms. The van der Waals surface area contributed by atoms with Crippen molar-refractivity contribution in [3.63, 3.8) is 0 Å². The second-order valence-corrected chi connectivity index (χ2v) is 5.99. The minimum absolute atomic E-state index is 0. The molecule has 3 N–H and O–H groups in total. The molecule has 1 saturated heterocycles. The summed E-state index contributed by atoms with van der Waals surface area (Å²) >= 11 is 0. The van der Waals surface area contributed by atoms with Gasteiger partial charge < -0.3 is 11.1 Å². The molecule has 0 aromatic heterocycles. The number of carbonyl (C=O) groups is 1. The van der Waals surface area contributed by atoms with Gasteiger partial charge in [0.25, 0.3) is 0 Å². The lowest BCUT2D eigenvalue weighted by Gasteiger charge is -2.37. The SMILES string of the molecule is CC1CCN(C(CNC(=O)CCN)c2ccccc2)CC1.Cl. The van der Waals surface area contributed by atoms with E-state index in [9.17, 15) is 4.79 Å². The Hall–Kier alpha value is -1.10. The maximum atomic E-state index is 11.7. The molecular weight excluding hydrogens is 298 g/mol. The summed E-state index contributed by atoms with van der Waals surface area (Å²) in [4.78, 5) is 14.2. The fraction of sp³-hybridized carbons (Fsp3) is 0.588. The van der Waals surface area contributed by atoms with Crippen molar-refractivity contribution in [2.45, 2.75) is 32.2 Å². The highest BCUT2D eigenvalue weighted by Crippen LogP contribution is 2.26. The van der Waals surface area contributed by atoms with Crippen LogP contribution in [-0.2, 0) is 4.79 Å². The molecule has 0 spiro atoms. The van der Waals surface area contributed by atoms with Crippen LogP contribution >= 0.6 is 12.4 Å². The Bertz CT molecular complexity index is 433. The topological polar surface area (TPSA) is 58.4 Å². The third-order valence-electron chi connectivity index (χ3n) is 4.31. The highest BCUT2D eigenvalue weighted by Gasteiger charge is 2.24. The summed E-state index contributed by atoms with van der Waals surface area (Å²) in [6, 6.07) is 10.7. The molecule has 4 nitrogen and oxygen atoms in total. The van der Waals surface area contributed by atoms with Gasteiger partial charge in [-0.1, -0.05) is 37.3 Å². The van der Waals surface area contributed by atoms with Crippen molar-refractivity contribution >= 4 is 18.3 Å². The quantitative estimate of drug-likeness (QED) is 0.844. The molecule has 1 atom stereocenters. The number of benzene rings is 1. The number of nitrogens with zero attached hydrogens (tertiary/aromatic N) is 1. The summed E-state index contributed by atoms with van der Waals surface area (Å²) in [5.41, 5.74) is 6.71. The van der Waals surface area contributed by atoms with E-state index >= 15 is 0 Å². The van der Waals surface area contributed by atoms with Gasteiger partial charge in [-0.3, -0.25) is 9.69 Å². The van der Waals surface area contributed by atoms with Crippen LogP contribution in [0.25, 0.3) is 0 Å². The monoisotopic (exact) mass is 325 g/mol. The van der Waals surface area contributed by atoms with E-state index in [4.69, 9.17) is 5.73 Å². The van der Waals surface area contributed by atoms with E-state index in [2.05, 4.69) is 41.4 Å². The highest BCUT2D eigenvalue weighted by molar-refractivity contribution is 5.85. The minimum Gasteiger partial charge on any atom is -0.354 e. The first-order valence-electron chi connectivity index (χ1n) is 7.96. The van der Waals surface area contributed by atoms with Crippen LogP contribution < -0.4 is 11.1 Å². The van der Waals surface area contributed by atoms with E-state index in [1.807, 2.05) is 6.07 Å². The summed E-state index contributed by atoms with van der Waals surface area (Å²) in [6.45, 7) is 5.60. The number of rotatable bonds is 6. The fourth-order valence-corrected chi connectivity index (χ4v) is 2.90. The molecule has 0 radical (unpaired) electrons. The van der Waals surface area contributed by atoms with Gasteiger partial charge in [-0.2, -0.15) is 0 Å². The van der Waals surface area contributed by atoms with Crippen LogP contribution in [0.2, 0.25) is 0 Å². The van der Waals surface area contributed by atoms with Gasteiger partial charge in [0.05, 0.1) is 6.04 Å². The third-order valence-corrected chi connectivity index (χ3v) is 4.31. The number of hydrogen-bond acceptors (Lipinski definition) is 3. The molecule has 1 aromatic rings. The predicted octanol–water partition coefficient (Wildman–Crippen LogP) is 2.35. The molecule has 2 rings (SSSR count). The summed E-state index contributed by atoms with van der Waals surface area (Å²) in [5, 5.41) is 3.03. The normalized spacial score (nSPS) is 17.5. The molecule has 0 bridgehead atoms. The van der Waals surface area contributed by atoms with E-state index in [1.165, 1.54) is 18.4 Å². The van der Waals surface area contributed by atoms with Crippen LogP contribution in [0, 0.1) is 5.92 Å². The molecule has 5 heteroatoms. The summed E-state index contributed by atoms with van der Waals surface area (Å²) in [6.07, 6.45) is 2.87. The van der Waals surface area contributed by atoms with Crippen LogP contribution in [0.5, 0.6) is 0 Å². The summed E-state index contributed by atoms with van der Waals surface area (Å²) in [7, 11) is 0. The second-order valence-electron chi connectivity index (χ2n) is 5.99. The number of carbonyl (C=O) groups excluding carboxylic acids is 1. The van der Waals surface area contributed by atoms with Crippen molar-refractivity contribution in [1.82, 2.24) is 10.2 Å². The van der Waals surface area contributed by atoms with Crippen molar-refractivity contribution < 1.29 is 4.79 Å². The maximum Gasteiger partial charge on any atom is 0.221 e. The van der Waals surface area contributed by atoms with Gasteiger partial charge in [0, 0.05) is 19.5 Å². The molecular formula is C17H28ClN3O. The lowest BCUT2D eigenvalue weighted by atomic mass is 9.95. The number of likely N-dealkylation sites (tertiary alicyclic amines) is 1. The third kappa shape index (κ3) is 5.59. The zero-order valence-electron chi connectivity index (χ0n) is 13.3.